The van der Waals surface area contributed by atoms with Crippen LogP contribution in [0.15, 0.2) is 60.7 Å². The summed E-state index contributed by atoms with van der Waals surface area (Å²) in [4.78, 5) is 61.0. The van der Waals surface area contributed by atoms with E-state index in [9.17, 15) is 24.0 Å². The Morgan fingerprint density at radius 2 is 1.44 bits per heavy atom. The summed E-state index contributed by atoms with van der Waals surface area (Å²) in [5, 5.41) is 7.48. The first-order valence-electron chi connectivity index (χ1n) is 10.7. The molecule has 0 aromatic heterocycles. The van der Waals surface area contributed by atoms with Gasteiger partial charge in [-0.15, -0.1) is 0 Å². The van der Waals surface area contributed by atoms with E-state index in [2.05, 4.69) is 16.0 Å². The first-order chi connectivity index (χ1) is 16.3. The van der Waals surface area contributed by atoms with E-state index in [1.807, 2.05) is 36.4 Å². The van der Waals surface area contributed by atoms with Gasteiger partial charge in [0.15, 0.2) is 0 Å². The number of carbonyl (C=O) groups excluding carboxylic acids is 5. The van der Waals surface area contributed by atoms with E-state index in [-0.39, 0.29) is 6.61 Å². The lowest BCUT2D eigenvalue weighted by molar-refractivity contribution is -0.147. The van der Waals surface area contributed by atoms with Crippen molar-refractivity contribution in [2.24, 2.45) is 5.73 Å². The molecule has 5 N–H and O–H groups in total. The van der Waals surface area contributed by atoms with Crippen LogP contribution in [0, 0.1) is 0 Å². The van der Waals surface area contributed by atoms with E-state index in [0.29, 0.717) is 6.42 Å². The fourth-order valence-electron chi connectivity index (χ4n) is 3.44. The van der Waals surface area contributed by atoms with E-state index >= 15 is 0 Å². The van der Waals surface area contributed by atoms with Crippen LogP contribution < -0.4 is 21.7 Å². The minimum absolute atomic E-state index is 0.0114. The van der Waals surface area contributed by atoms with Gasteiger partial charge in [0.1, 0.15) is 24.7 Å². The second kappa shape index (κ2) is 11.6. The van der Waals surface area contributed by atoms with Crippen molar-refractivity contribution in [2.45, 2.75) is 44.0 Å². The van der Waals surface area contributed by atoms with Gasteiger partial charge in [-0.2, -0.15) is 0 Å². The standard InChI is InChI=1S/C24H26N4O6/c25-22(31)17(13-21(30)34-14-16-9-5-2-6-10-16)26-20(29)12-19-24(33)27-18(23(32)28-19)11-15-7-3-1-4-8-15/h1-10,17-19H,11-14H2,(H2,25,31)(H,26,29)(H,27,33)(H,28,32)/t17-,18-,19-/m0/s1. The van der Waals surface area contributed by atoms with Crippen LogP contribution in [-0.4, -0.2) is 47.7 Å². The second-order valence-electron chi connectivity index (χ2n) is 7.89. The van der Waals surface area contributed by atoms with E-state index in [4.69, 9.17) is 10.5 Å². The Morgan fingerprint density at radius 1 is 0.882 bits per heavy atom. The minimum Gasteiger partial charge on any atom is -0.461 e. The Balaban J connectivity index is 1.48. The van der Waals surface area contributed by atoms with Gasteiger partial charge in [0.25, 0.3) is 0 Å². The summed E-state index contributed by atoms with van der Waals surface area (Å²) >= 11 is 0. The first kappa shape index (κ1) is 24.4. The van der Waals surface area contributed by atoms with Gasteiger partial charge >= 0.3 is 5.97 Å². The molecule has 1 aliphatic heterocycles. The van der Waals surface area contributed by atoms with Gasteiger partial charge < -0.3 is 26.4 Å². The molecule has 3 atom stereocenters. The van der Waals surface area contributed by atoms with Crippen molar-refractivity contribution >= 4 is 29.6 Å². The zero-order valence-electron chi connectivity index (χ0n) is 18.4. The number of ether oxygens (including phenoxy) is 1. The van der Waals surface area contributed by atoms with Crippen LogP contribution in [0.4, 0.5) is 0 Å². The van der Waals surface area contributed by atoms with E-state index in [1.165, 1.54) is 0 Å². The summed E-state index contributed by atoms with van der Waals surface area (Å²) in [6.07, 6.45) is -0.569. The van der Waals surface area contributed by atoms with Crippen LogP contribution in [0.2, 0.25) is 0 Å². The Labute approximate surface area is 196 Å². The lowest BCUT2D eigenvalue weighted by atomic mass is 10.0. The maximum Gasteiger partial charge on any atom is 0.308 e. The fourth-order valence-corrected chi connectivity index (χ4v) is 3.44. The Bertz CT molecular complexity index is 1040. The monoisotopic (exact) mass is 466 g/mol. The largest absolute Gasteiger partial charge is 0.461 e. The van der Waals surface area contributed by atoms with Crippen molar-refractivity contribution < 1.29 is 28.7 Å². The quantitative estimate of drug-likeness (QED) is 0.352. The molecule has 0 aliphatic carbocycles. The van der Waals surface area contributed by atoms with Gasteiger partial charge in [0.05, 0.1) is 12.8 Å². The van der Waals surface area contributed by atoms with Crippen LogP contribution in [-0.2, 0) is 41.7 Å². The molecule has 2 aromatic rings. The number of amides is 4. The summed E-state index contributed by atoms with van der Waals surface area (Å²) in [6.45, 7) is 0.0114. The van der Waals surface area contributed by atoms with Gasteiger partial charge in [-0.25, -0.2) is 0 Å². The number of hydrogen-bond acceptors (Lipinski definition) is 6. The molecule has 10 heteroatoms. The van der Waals surface area contributed by atoms with Crippen molar-refractivity contribution in [1.29, 1.82) is 0 Å². The van der Waals surface area contributed by atoms with Crippen molar-refractivity contribution in [3.05, 3.63) is 71.8 Å². The summed E-state index contributed by atoms with van der Waals surface area (Å²) in [7, 11) is 0. The predicted octanol–water partition coefficient (Wildman–Crippen LogP) is -0.294. The highest BCUT2D eigenvalue weighted by molar-refractivity contribution is 5.99. The third-order valence-corrected chi connectivity index (χ3v) is 5.23. The molecule has 10 nitrogen and oxygen atoms in total. The summed E-state index contributed by atoms with van der Waals surface area (Å²) in [5.74, 6) is -3.31. The Hall–Kier alpha value is -4.21. The normalized spacial score (nSPS) is 18.2. The number of benzene rings is 2. The maximum atomic E-state index is 12.4. The van der Waals surface area contributed by atoms with Crippen LogP contribution in [0.3, 0.4) is 0 Å². The number of carbonyl (C=O) groups is 5. The highest BCUT2D eigenvalue weighted by Gasteiger charge is 2.35. The lowest BCUT2D eigenvalue weighted by Crippen LogP contribution is -2.63. The second-order valence-corrected chi connectivity index (χ2v) is 7.89. The molecule has 0 radical (unpaired) electrons. The Kier molecular flexibility index (Phi) is 8.33. The molecule has 0 saturated carbocycles. The zero-order valence-corrected chi connectivity index (χ0v) is 18.4. The number of hydrogen-bond donors (Lipinski definition) is 4. The number of nitrogens with two attached hydrogens (primary N) is 1. The molecule has 1 fully saturated rings. The summed E-state index contributed by atoms with van der Waals surface area (Å²) in [6, 6.07) is 15.0. The van der Waals surface area contributed by atoms with E-state index in [1.54, 1.807) is 24.3 Å². The van der Waals surface area contributed by atoms with Gasteiger partial charge in [-0.1, -0.05) is 60.7 Å². The van der Waals surface area contributed by atoms with Crippen molar-refractivity contribution in [3.63, 3.8) is 0 Å². The molecule has 1 aliphatic rings. The van der Waals surface area contributed by atoms with Gasteiger partial charge in [-0.05, 0) is 11.1 Å². The molecule has 0 bridgehead atoms. The third-order valence-electron chi connectivity index (χ3n) is 5.23. The number of nitrogens with one attached hydrogen (secondary N) is 3. The van der Waals surface area contributed by atoms with Crippen LogP contribution >= 0.6 is 0 Å². The molecule has 34 heavy (non-hydrogen) atoms. The van der Waals surface area contributed by atoms with E-state index < -0.39 is 60.6 Å². The molecule has 178 valence electrons. The molecular formula is C24H26N4O6. The summed E-state index contributed by atoms with van der Waals surface area (Å²) < 4.78 is 5.11. The molecule has 3 rings (SSSR count). The molecule has 4 amide bonds. The molecule has 2 aromatic carbocycles. The fraction of sp³-hybridized carbons (Fsp3) is 0.292. The average molecular weight is 466 g/mol. The van der Waals surface area contributed by atoms with Crippen molar-refractivity contribution in [2.75, 3.05) is 0 Å². The molecule has 0 spiro atoms. The SMILES string of the molecule is NC(=O)[C@H](CC(=O)OCc1ccccc1)NC(=O)C[C@@H]1NC(=O)[C@H](Cc2ccccc2)NC1=O. The van der Waals surface area contributed by atoms with Crippen LogP contribution in [0.1, 0.15) is 24.0 Å². The molecule has 1 heterocycles. The van der Waals surface area contributed by atoms with Crippen LogP contribution in [0.5, 0.6) is 0 Å². The molecule has 0 unspecified atom stereocenters. The highest BCUT2D eigenvalue weighted by atomic mass is 16.5. The summed E-state index contributed by atoms with van der Waals surface area (Å²) in [5.41, 5.74) is 6.95. The third kappa shape index (κ3) is 7.16. The minimum atomic E-state index is -1.32. The maximum absolute atomic E-state index is 12.4. The topological polar surface area (TPSA) is 157 Å². The Morgan fingerprint density at radius 3 is 2.06 bits per heavy atom. The molecular weight excluding hydrogens is 440 g/mol. The predicted molar refractivity (Wildman–Crippen MR) is 121 cm³/mol. The smallest absolute Gasteiger partial charge is 0.308 e. The lowest BCUT2D eigenvalue weighted by Gasteiger charge is -2.29. The van der Waals surface area contributed by atoms with Crippen molar-refractivity contribution in [1.82, 2.24) is 16.0 Å². The van der Waals surface area contributed by atoms with Crippen molar-refractivity contribution in [3.8, 4) is 0 Å². The number of piperazine rings is 1. The van der Waals surface area contributed by atoms with Gasteiger partial charge in [-0.3, -0.25) is 24.0 Å². The highest BCUT2D eigenvalue weighted by Crippen LogP contribution is 2.09. The zero-order chi connectivity index (χ0) is 24.5. The van der Waals surface area contributed by atoms with E-state index in [0.717, 1.165) is 11.1 Å². The number of primary amides is 1. The van der Waals surface area contributed by atoms with Gasteiger partial charge in [0.2, 0.25) is 23.6 Å². The average Bonchev–Trinajstić information content (AvgIpc) is 2.82. The van der Waals surface area contributed by atoms with Crippen LogP contribution in [0.25, 0.3) is 0 Å². The first-order valence-corrected chi connectivity index (χ1v) is 10.7. The number of esters is 1. The number of rotatable bonds is 10. The van der Waals surface area contributed by atoms with Gasteiger partial charge in [0, 0.05) is 6.42 Å². The molecule has 1 saturated heterocycles.